The Morgan fingerprint density at radius 2 is 1.61 bits per heavy atom. The average Bonchev–Trinajstić information content (AvgIpc) is 2.32. The maximum atomic E-state index is 6.54. The van der Waals surface area contributed by atoms with Crippen LogP contribution in [0, 0.1) is 13.8 Å². The van der Waals surface area contributed by atoms with Crippen molar-refractivity contribution >= 4 is 11.6 Å². The van der Waals surface area contributed by atoms with Crippen LogP contribution in [0.25, 0.3) is 0 Å². The molecule has 0 aliphatic rings. The van der Waals surface area contributed by atoms with Crippen LogP contribution in [-0.2, 0) is 5.54 Å². The summed E-state index contributed by atoms with van der Waals surface area (Å²) in [6.07, 6.45) is 0. The first-order chi connectivity index (χ1) is 8.41. The van der Waals surface area contributed by atoms with Gasteiger partial charge in [0, 0.05) is 5.02 Å². The average molecular weight is 260 g/mol. The lowest BCUT2D eigenvalue weighted by molar-refractivity contribution is 0.598. The van der Waals surface area contributed by atoms with Gasteiger partial charge in [0.2, 0.25) is 0 Å². The second-order valence-electron chi connectivity index (χ2n) is 5.03. The molecule has 2 aromatic rings. The van der Waals surface area contributed by atoms with E-state index in [4.69, 9.17) is 17.3 Å². The highest BCUT2D eigenvalue weighted by molar-refractivity contribution is 6.30. The van der Waals surface area contributed by atoms with Crippen molar-refractivity contribution < 1.29 is 0 Å². The van der Waals surface area contributed by atoms with E-state index in [1.54, 1.807) is 0 Å². The maximum absolute atomic E-state index is 6.54. The van der Waals surface area contributed by atoms with Gasteiger partial charge in [0.15, 0.2) is 0 Å². The number of aryl methyl sites for hydroxylation is 2. The van der Waals surface area contributed by atoms with Gasteiger partial charge in [-0.05, 0) is 49.6 Å². The molecule has 1 nitrogen and oxygen atoms in total. The summed E-state index contributed by atoms with van der Waals surface area (Å²) in [7, 11) is 0. The summed E-state index contributed by atoms with van der Waals surface area (Å²) in [6.45, 7) is 6.22. The summed E-state index contributed by atoms with van der Waals surface area (Å²) in [5.41, 5.74) is 10.7. The molecule has 0 fully saturated rings. The Hall–Kier alpha value is -1.31. The summed E-state index contributed by atoms with van der Waals surface area (Å²) < 4.78 is 0. The fourth-order valence-electron chi connectivity index (χ4n) is 2.25. The van der Waals surface area contributed by atoms with Crippen molar-refractivity contribution in [2.24, 2.45) is 5.73 Å². The smallest absolute Gasteiger partial charge is 0.0639 e. The summed E-state index contributed by atoms with van der Waals surface area (Å²) >= 11 is 5.92. The van der Waals surface area contributed by atoms with E-state index in [-0.39, 0.29) is 0 Å². The van der Waals surface area contributed by atoms with Crippen molar-refractivity contribution in [2.75, 3.05) is 0 Å². The van der Waals surface area contributed by atoms with Crippen LogP contribution in [0.3, 0.4) is 0 Å². The number of hydrogen-bond acceptors (Lipinski definition) is 1. The lowest BCUT2D eigenvalue weighted by Gasteiger charge is -2.28. The van der Waals surface area contributed by atoms with Gasteiger partial charge in [-0.1, -0.05) is 47.5 Å². The van der Waals surface area contributed by atoms with Crippen molar-refractivity contribution in [3.05, 3.63) is 69.7 Å². The molecule has 0 saturated carbocycles. The lowest BCUT2D eigenvalue weighted by atomic mass is 9.82. The highest BCUT2D eigenvalue weighted by atomic mass is 35.5. The van der Waals surface area contributed by atoms with Gasteiger partial charge in [-0.25, -0.2) is 0 Å². The minimum absolute atomic E-state index is 0.499. The lowest BCUT2D eigenvalue weighted by Crippen LogP contribution is -2.35. The van der Waals surface area contributed by atoms with Crippen LogP contribution < -0.4 is 5.73 Å². The predicted molar refractivity (Wildman–Crippen MR) is 78.0 cm³/mol. The van der Waals surface area contributed by atoms with Crippen molar-refractivity contribution in [2.45, 2.75) is 26.3 Å². The molecule has 0 radical (unpaired) electrons. The van der Waals surface area contributed by atoms with E-state index in [1.807, 2.05) is 31.2 Å². The summed E-state index contributed by atoms with van der Waals surface area (Å²) in [5.74, 6) is 0. The molecule has 94 valence electrons. The van der Waals surface area contributed by atoms with Gasteiger partial charge < -0.3 is 5.73 Å². The van der Waals surface area contributed by atoms with E-state index >= 15 is 0 Å². The molecule has 0 bridgehead atoms. The fraction of sp³-hybridized carbons (Fsp3) is 0.250. The summed E-state index contributed by atoms with van der Waals surface area (Å²) in [4.78, 5) is 0. The SMILES string of the molecule is Cc1ccc(C)c(C(C)(N)c2ccc(Cl)cc2)c1. The molecule has 0 heterocycles. The van der Waals surface area contributed by atoms with E-state index in [0.29, 0.717) is 0 Å². The number of halogens is 1. The topological polar surface area (TPSA) is 26.0 Å². The van der Waals surface area contributed by atoms with Gasteiger partial charge in [-0.3, -0.25) is 0 Å². The first-order valence-corrected chi connectivity index (χ1v) is 6.42. The van der Waals surface area contributed by atoms with Gasteiger partial charge in [-0.15, -0.1) is 0 Å². The van der Waals surface area contributed by atoms with Gasteiger partial charge in [0.05, 0.1) is 5.54 Å². The zero-order valence-corrected chi connectivity index (χ0v) is 11.8. The molecule has 0 aliphatic heterocycles. The Morgan fingerprint density at radius 3 is 2.22 bits per heavy atom. The third-order valence-corrected chi connectivity index (χ3v) is 3.65. The third-order valence-electron chi connectivity index (χ3n) is 3.40. The van der Waals surface area contributed by atoms with E-state index in [1.165, 1.54) is 11.1 Å². The van der Waals surface area contributed by atoms with Crippen molar-refractivity contribution in [1.82, 2.24) is 0 Å². The zero-order chi connectivity index (χ0) is 13.3. The van der Waals surface area contributed by atoms with Crippen LogP contribution in [-0.4, -0.2) is 0 Å². The second kappa shape index (κ2) is 4.75. The van der Waals surface area contributed by atoms with E-state index in [2.05, 4.69) is 32.0 Å². The van der Waals surface area contributed by atoms with E-state index < -0.39 is 5.54 Å². The molecule has 18 heavy (non-hydrogen) atoms. The molecule has 2 heteroatoms. The summed E-state index contributed by atoms with van der Waals surface area (Å²) in [6, 6.07) is 14.1. The zero-order valence-electron chi connectivity index (χ0n) is 11.0. The molecular formula is C16H18ClN. The van der Waals surface area contributed by atoms with Crippen LogP contribution in [0.1, 0.15) is 29.2 Å². The molecule has 1 atom stereocenters. The Morgan fingerprint density at radius 1 is 1.00 bits per heavy atom. The standard InChI is InChI=1S/C16H18ClN/c1-11-4-5-12(2)15(10-11)16(3,18)13-6-8-14(17)9-7-13/h4-10H,18H2,1-3H3. The van der Waals surface area contributed by atoms with Crippen LogP contribution in [0.5, 0.6) is 0 Å². The molecule has 1 unspecified atom stereocenters. The Balaban J connectivity index is 2.53. The number of hydrogen-bond donors (Lipinski definition) is 1. The van der Waals surface area contributed by atoms with Gasteiger partial charge in [0.1, 0.15) is 0 Å². The van der Waals surface area contributed by atoms with Crippen molar-refractivity contribution in [1.29, 1.82) is 0 Å². The minimum Gasteiger partial charge on any atom is -0.318 e. The van der Waals surface area contributed by atoms with Crippen molar-refractivity contribution in [3.8, 4) is 0 Å². The predicted octanol–water partition coefficient (Wildman–Crippen LogP) is 4.18. The quantitative estimate of drug-likeness (QED) is 0.860. The second-order valence-corrected chi connectivity index (χ2v) is 5.46. The monoisotopic (exact) mass is 259 g/mol. The molecule has 0 spiro atoms. The Kier molecular flexibility index (Phi) is 3.47. The molecule has 0 aliphatic carbocycles. The highest BCUT2D eigenvalue weighted by Crippen LogP contribution is 2.30. The molecule has 2 aromatic carbocycles. The van der Waals surface area contributed by atoms with E-state index in [0.717, 1.165) is 16.1 Å². The maximum Gasteiger partial charge on any atom is 0.0639 e. The Bertz CT molecular complexity index is 556. The molecular weight excluding hydrogens is 242 g/mol. The van der Waals surface area contributed by atoms with Crippen LogP contribution in [0.15, 0.2) is 42.5 Å². The first-order valence-electron chi connectivity index (χ1n) is 6.04. The highest BCUT2D eigenvalue weighted by Gasteiger charge is 2.25. The van der Waals surface area contributed by atoms with Crippen LogP contribution in [0.2, 0.25) is 5.02 Å². The number of benzene rings is 2. The van der Waals surface area contributed by atoms with Gasteiger partial charge in [-0.2, -0.15) is 0 Å². The van der Waals surface area contributed by atoms with Crippen molar-refractivity contribution in [3.63, 3.8) is 0 Å². The van der Waals surface area contributed by atoms with Gasteiger partial charge >= 0.3 is 0 Å². The number of nitrogens with two attached hydrogens (primary N) is 1. The largest absolute Gasteiger partial charge is 0.318 e. The molecule has 2 rings (SSSR count). The third kappa shape index (κ3) is 2.43. The molecule has 2 N–H and O–H groups in total. The molecule has 0 aromatic heterocycles. The summed E-state index contributed by atoms with van der Waals surface area (Å²) in [5, 5.41) is 0.732. The Labute approximate surface area is 114 Å². The normalized spacial score (nSPS) is 14.3. The minimum atomic E-state index is -0.499. The van der Waals surface area contributed by atoms with Crippen LogP contribution >= 0.6 is 11.6 Å². The van der Waals surface area contributed by atoms with Gasteiger partial charge in [0.25, 0.3) is 0 Å². The van der Waals surface area contributed by atoms with E-state index in [9.17, 15) is 0 Å². The van der Waals surface area contributed by atoms with Crippen LogP contribution in [0.4, 0.5) is 0 Å². The molecule has 0 saturated heterocycles. The first kappa shape index (κ1) is 13.1. The number of rotatable bonds is 2. The fourth-order valence-corrected chi connectivity index (χ4v) is 2.37. The molecule has 0 amide bonds.